The monoisotopic (exact) mass is 291 g/mol. The highest BCUT2D eigenvalue weighted by atomic mass is 79.9. The quantitative estimate of drug-likeness (QED) is 0.921. The predicted octanol–water partition coefficient (Wildman–Crippen LogP) is 3.96. The van der Waals surface area contributed by atoms with Crippen molar-refractivity contribution >= 4 is 15.9 Å². The Morgan fingerprint density at radius 3 is 2.59 bits per heavy atom. The van der Waals surface area contributed by atoms with Gasteiger partial charge in [-0.1, -0.05) is 34.1 Å². The molecular weight excluding hydrogens is 278 g/mol. The third kappa shape index (κ3) is 3.32. The van der Waals surface area contributed by atoms with Gasteiger partial charge in [-0.05, 0) is 37.4 Å². The first kappa shape index (κ1) is 12.1. The SMILES string of the molecule is CNCc1cc(Br)ccc1Oc1ccccc1. The highest BCUT2D eigenvalue weighted by Gasteiger charge is 2.04. The van der Waals surface area contributed by atoms with E-state index in [4.69, 9.17) is 4.74 Å². The minimum atomic E-state index is 0.779. The van der Waals surface area contributed by atoms with Crippen LogP contribution in [0.2, 0.25) is 0 Å². The van der Waals surface area contributed by atoms with Crippen molar-refractivity contribution in [3.05, 3.63) is 58.6 Å². The van der Waals surface area contributed by atoms with Gasteiger partial charge >= 0.3 is 0 Å². The number of benzene rings is 2. The molecule has 17 heavy (non-hydrogen) atoms. The van der Waals surface area contributed by atoms with E-state index in [1.165, 1.54) is 0 Å². The third-order valence-corrected chi connectivity index (χ3v) is 2.85. The van der Waals surface area contributed by atoms with Crippen molar-refractivity contribution < 1.29 is 4.74 Å². The number of halogens is 1. The largest absolute Gasteiger partial charge is 0.457 e. The highest BCUT2D eigenvalue weighted by molar-refractivity contribution is 9.10. The standard InChI is InChI=1S/C14H14BrNO/c1-16-10-11-9-12(15)7-8-14(11)17-13-5-3-2-4-6-13/h2-9,16H,10H2,1H3. The van der Waals surface area contributed by atoms with Gasteiger partial charge in [0.1, 0.15) is 11.5 Å². The number of hydrogen-bond donors (Lipinski definition) is 1. The first-order chi connectivity index (χ1) is 8.29. The van der Waals surface area contributed by atoms with Crippen molar-refractivity contribution in [2.75, 3.05) is 7.05 Å². The second kappa shape index (κ2) is 5.84. The molecule has 0 radical (unpaired) electrons. The van der Waals surface area contributed by atoms with E-state index in [1.54, 1.807) is 0 Å². The van der Waals surface area contributed by atoms with Gasteiger partial charge in [-0.25, -0.2) is 0 Å². The first-order valence-electron chi connectivity index (χ1n) is 5.45. The van der Waals surface area contributed by atoms with Crippen molar-refractivity contribution in [2.24, 2.45) is 0 Å². The van der Waals surface area contributed by atoms with Gasteiger partial charge in [0.15, 0.2) is 0 Å². The van der Waals surface area contributed by atoms with Crippen LogP contribution in [0.5, 0.6) is 11.5 Å². The van der Waals surface area contributed by atoms with Crippen molar-refractivity contribution in [3.63, 3.8) is 0 Å². The fourth-order valence-electron chi connectivity index (χ4n) is 1.59. The Morgan fingerprint density at radius 2 is 1.88 bits per heavy atom. The molecule has 0 aliphatic heterocycles. The summed E-state index contributed by atoms with van der Waals surface area (Å²) in [5.74, 6) is 1.74. The number of rotatable bonds is 4. The molecule has 0 aromatic heterocycles. The van der Waals surface area contributed by atoms with E-state index in [-0.39, 0.29) is 0 Å². The van der Waals surface area contributed by atoms with Crippen LogP contribution < -0.4 is 10.1 Å². The van der Waals surface area contributed by atoms with Crippen molar-refractivity contribution in [2.45, 2.75) is 6.54 Å². The summed E-state index contributed by atoms with van der Waals surface area (Å²) in [7, 11) is 1.92. The Kier molecular flexibility index (Phi) is 4.18. The molecule has 2 rings (SSSR count). The molecule has 88 valence electrons. The van der Waals surface area contributed by atoms with Crippen LogP contribution in [0.3, 0.4) is 0 Å². The molecule has 3 heteroatoms. The summed E-state index contributed by atoms with van der Waals surface area (Å²) in [6, 6.07) is 15.8. The Morgan fingerprint density at radius 1 is 1.12 bits per heavy atom. The molecule has 2 aromatic rings. The molecule has 0 atom stereocenters. The van der Waals surface area contributed by atoms with E-state index in [0.717, 1.165) is 28.1 Å². The van der Waals surface area contributed by atoms with Gasteiger partial charge in [-0.15, -0.1) is 0 Å². The Labute approximate surface area is 110 Å². The van der Waals surface area contributed by atoms with Crippen molar-refractivity contribution in [1.82, 2.24) is 5.32 Å². The lowest BCUT2D eigenvalue weighted by atomic mass is 10.2. The maximum absolute atomic E-state index is 5.86. The van der Waals surface area contributed by atoms with E-state index in [0.29, 0.717) is 0 Å². The fourth-order valence-corrected chi connectivity index (χ4v) is 2.00. The predicted molar refractivity (Wildman–Crippen MR) is 73.4 cm³/mol. The van der Waals surface area contributed by atoms with Gasteiger partial charge in [-0.3, -0.25) is 0 Å². The van der Waals surface area contributed by atoms with E-state index in [9.17, 15) is 0 Å². The van der Waals surface area contributed by atoms with Crippen molar-refractivity contribution in [1.29, 1.82) is 0 Å². The minimum absolute atomic E-state index is 0.779. The summed E-state index contributed by atoms with van der Waals surface area (Å²) >= 11 is 3.47. The lowest BCUT2D eigenvalue weighted by molar-refractivity contribution is 0.474. The maximum Gasteiger partial charge on any atom is 0.131 e. The average molecular weight is 292 g/mol. The van der Waals surface area contributed by atoms with Crippen molar-refractivity contribution in [3.8, 4) is 11.5 Å². The van der Waals surface area contributed by atoms with Crippen LogP contribution in [0.25, 0.3) is 0 Å². The molecule has 0 fully saturated rings. The maximum atomic E-state index is 5.86. The fraction of sp³-hybridized carbons (Fsp3) is 0.143. The van der Waals surface area contributed by atoms with Crippen LogP contribution in [-0.4, -0.2) is 7.05 Å². The molecule has 0 heterocycles. The number of hydrogen-bond acceptors (Lipinski definition) is 2. The second-order valence-electron chi connectivity index (χ2n) is 3.70. The van der Waals surface area contributed by atoms with Crippen LogP contribution in [0.1, 0.15) is 5.56 Å². The van der Waals surface area contributed by atoms with Crippen LogP contribution >= 0.6 is 15.9 Å². The summed E-state index contributed by atoms with van der Waals surface area (Å²) in [5, 5.41) is 3.14. The molecule has 0 saturated carbocycles. The molecule has 1 N–H and O–H groups in total. The zero-order valence-electron chi connectivity index (χ0n) is 9.61. The third-order valence-electron chi connectivity index (χ3n) is 2.36. The Balaban J connectivity index is 2.26. The summed E-state index contributed by atoms with van der Waals surface area (Å²) in [4.78, 5) is 0. The zero-order valence-corrected chi connectivity index (χ0v) is 11.2. The van der Waals surface area contributed by atoms with Crippen LogP contribution in [-0.2, 0) is 6.54 Å². The number of para-hydroxylation sites is 1. The van der Waals surface area contributed by atoms with E-state index in [1.807, 2.05) is 49.5 Å². The summed E-state index contributed by atoms with van der Waals surface area (Å²) in [6.07, 6.45) is 0. The summed E-state index contributed by atoms with van der Waals surface area (Å²) in [5.41, 5.74) is 1.13. The molecule has 0 spiro atoms. The molecule has 0 amide bonds. The highest BCUT2D eigenvalue weighted by Crippen LogP contribution is 2.27. The Hall–Kier alpha value is -1.32. The van der Waals surface area contributed by atoms with Gasteiger partial charge in [0.2, 0.25) is 0 Å². The smallest absolute Gasteiger partial charge is 0.131 e. The average Bonchev–Trinajstić information content (AvgIpc) is 2.34. The molecule has 0 aliphatic rings. The van der Waals surface area contributed by atoms with Crippen LogP contribution in [0, 0.1) is 0 Å². The molecule has 0 unspecified atom stereocenters. The molecule has 2 nitrogen and oxygen atoms in total. The molecular formula is C14H14BrNO. The topological polar surface area (TPSA) is 21.3 Å². The Bertz CT molecular complexity index is 485. The molecule has 0 saturated heterocycles. The molecule has 0 bridgehead atoms. The summed E-state index contributed by atoms with van der Waals surface area (Å²) < 4.78 is 6.91. The summed E-state index contributed by atoms with van der Waals surface area (Å²) in [6.45, 7) is 0.779. The van der Waals surface area contributed by atoms with Gasteiger partial charge in [0, 0.05) is 16.6 Å². The molecule has 2 aromatic carbocycles. The van der Waals surface area contributed by atoms with Gasteiger partial charge in [0.05, 0.1) is 0 Å². The number of ether oxygens (including phenoxy) is 1. The lowest BCUT2D eigenvalue weighted by Crippen LogP contribution is -2.06. The normalized spacial score (nSPS) is 10.2. The lowest BCUT2D eigenvalue weighted by Gasteiger charge is -2.11. The molecule has 0 aliphatic carbocycles. The minimum Gasteiger partial charge on any atom is -0.457 e. The van der Waals surface area contributed by atoms with Crippen LogP contribution in [0.15, 0.2) is 53.0 Å². The second-order valence-corrected chi connectivity index (χ2v) is 4.61. The van der Waals surface area contributed by atoms with Gasteiger partial charge in [-0.2, -0.15) is 0 Å². The number of nitrogens with one attached hydrogen (secondary N) is 1. The van der Waals surface area contributed by atoms with Gasteiger partial charge in [0.25, 0.3) is 0 Å². The zero-order chi connectivity index (χ0) is 12.1. The van der Waals surface area contributed by atoms with E-state index < -0.39 is 0 Å². The van der Waals surface area contributed by atoms with E-state index in [2.05, 4.69) is 27.3 Å². The van der Waals surface area contributed by atoms with Gasteiger partial charge < -0.3 is 10.1 Å². The van der Waals surface area contributed by atoms with E-state index >= 15 is 0 Å². The first-order valence-corrected chi connectivity index (χ1v) is 6.25. The van der Waals surface area contributed by atoms with Crippen LogP contribution in [0.4, 0.5) is 0 Å².